The van der Waals surface area contributed by atoms with E-state index in [1.807, 2.05) is 12.1 Å². The number of fused-ring (bicyclic) bond motifs is 2. The Morgan fingerprint density at radius 3 is 2.78 bits per heavy atom. The van der Waals surface area contributed by atoms with Crippen molar-refractivity contribution in [3.05, 3.63) is 28.9 Å². The summed E-state index contributed by atoms with van der Waals surface area (Å²) >= 11 is 6.19. The van der Waals surface area contributed by atoms with Gasteiger partial charge in [-0.1, -0.05) is 11.6 Å². The van der Waals surface area contributed by atoms with Gasteiger partial charge in [-0.3, -0.25) is 9.89 Å². The van der Waals surface area contributed by atoms with Crippen molar-refractivity contribution >= 4 is 28.4 Å². The van der Waals surface area contributed by atoms with Gasteiger partial charge in [0.15, 0.2) is 0 Å². The van der Waals surface area contributed by atoms with Gasteiger partial charge in [0.05, 0.1) is 17.3 Å². The first-order chi connectivity index (χ1) is 11.0. The highest BCUT2D eigenvalue weighted by Crippen LogP contribution is 2.60. The molecule has 4 atom stereocenters. The van der Waals surface area contributed by atoms with Gasteiger partial charge < -0.3 is 10.4 Å². The predicted molar refractivity (Wildman–Crippen MR) is 85.9 cm³/mol. The SMILES string of the molecule is O=C(N[C@@H]1[C@@H]2C[C@@](O)(c3cc(Cl)cc4[nH]ncc34)C[C@@H]21)C1CC1. The molecule has 1 amide bonds. The molecule has 0 aliphatic heterocycles. The van der Waals surface area contributed by atoms with E-state index in [1.54, 1.807) is 6.20 Å². The first-order valence-corrected chi connectivity index (χ1v) is 8.59. The van der Waals surface area contributed by atoms with Crippen LogP contribution >= 0.6 is 11.6 Å². The minimum absolute atomic E-state index is 0.202. The van der Waals surface area contributed by atoms with E-state index in [0.29, 0.717) is 29.7 Å². The van der Waals surface area contributed by atoms with Crippen LogP contribution in [0.3, 0.4) is 0 Å². The van der Waals surface area contributed by atoms with Crippen molar-refractivity contribution in [2.24, 2.45) is 17.8 Å². The summed E-state index contributed by atoms with van der Waals surface area (Å²) in [5.74, 6) is 1.20. The van der Waals surface area contributed by atoms with Crippen LogP contribution in [0.15, 0.2) is 18.3 Å². The zero-order chi connectivity index (χ0) is 15.8. The fourth-order valence-corrected chi connectivity index (χ4v) is 4.55. The second-order valence-corrected chi connectivity index (χ2v) is 7.80. The van der Waals surface area contributed by atoms with Crippen LogP contribution in [0.25, 0.3) is 10.9 Å². The Morgan fingerprint density at radius 2 is 2.09 bits per heavy atom. The summed E-state index contributed by atoms with van der Waals surface area (Å²) in [5.41, 5.74) is 0.830. The molecule has 1 heterocycles. The fraction of sp³-hybridized carbons (Fsp3) is 0.529. The second kappa shape index (κ2) is 4.48. The number of halogens is 1. The predicted octanol–water partition coefficient (Wildman–Crippen LogP) is 2.34. The first kappa shape index (κ1) is 13.8. The third-order valence-corrected chi connectivity index (χ3v) is 5.98. The van der Waals surface area contributed by atoms with Gasteiger partial charge in [-0.25, -0.2) is 0 Å². The Labute approximate surface area is 138 Å². The van der Waals surface area contributed by atoms with E-state index in [0.717, 1.165) is 29.3 Å². The Hall–Kier alpha value is -1.59. The molecule has 23 heavy (non-hydrogen) atoms. The van der Waals surface area contributed by atoms with Crippen molar-refractivity contribution in [2.45, 2.75) is 37.3 Å². The largest absolute Gasteiger partial charge is 0.385 e. The van der Waals surface area contributed by atoms with Crippen molar-refractivity contribution < 1.29 is 9.90 Å². The second-order valence-electron chi connectivity index (χ2n) is 7.36. The Bertz CT molecular complexity index is 801. The molecular formula is C17H18ClN3O2. The van der Waals surface area contributed by atoms with Crippen LogP contribution in [-0.4, -0.2) is 27.3 Å². The third kappa shape index (κ3) is 2.10. The summed E-state index contributed by atoms with van der Waals surface area (Å²) < 4.78 is 0. The monoisotopic (exact) mass is 331 g/mol. The molecule has 0 radical (unpaired) electrons. The number of hydrogen-bond acceptors (Lipinski definition) is 3. The van der Waals surface area contributed by atoms with Crippen LogP contribution < -0.4 is 5.32 Å². The van der Waals surface area contributed by atoms with E-state index < -0.39 is 5.60 Å². The standard InChI is InChI=1S/C17H18ClN3O2/c18-9-3-13(12-7-19-21-14(12)4-9)17(23)5-10-11(6-17)15(10)20-16(22)8-1-2-8/h3-4,7-8,10-11,15,23H,1-2,5-6H2,(H,19,21)(H,20,22)/t10-,11+,15-,17+. The molecule has 5 rings (SSSR count). The number of nitrogens with one attached hydrogen (secondary N) is 2. The number of amides is 1. The van der Waals surface area contributed by atoms with Crippen LogP contribution in [-0.2, 0) is 10.4 Å². The number of rotatable bonds is 3. The summed E-state index contributed by atoms with van der Waals surface area (Å²) in [4.78, 5) is 11.9. The fourth-order valence-electron chi connectivity index (χ4n) is 4.33. The molecule has 3 aliphatic rings. The molecule has 3 N–H and O–H groups in total. The normalized spacial score (nSPS) is 35.3. The minimum Gasteiger partial charge on any atom is -0.385 e. The van der Waals surface area contributed by atoms with Crippen molar-refractivity contribution in [1.29, 1.82) is 0 Å². The molecule has 1 aromatic carbocycles. The highest BCUT2D eigenvalue weighted by Gasteiger charge is 2.62. The smallest absolute Gasteiger partial charge is 0.223 e. The van der Waals surface area contributed by atoms with Crippen LogP contribution in [0.1, 0.15) is 31.2 Å². The van der Waals surface area contributed by atoms with Crippen molar-refractivity contribution in [3.8, 4) is 0 Å². The van der Waals surface area contributed by atoms with Crippen molar-refractivity contribution in [1.82, 2.24) is 15.5 Å². The van der Waals surface area contributed by atoms with Crippen molar-refractivity contribution in [3.63, 3.8) is 0 Å². The summed E-state index contributed by atoms with van der Waals surface area (Å²) in [6.45, 7) is 0. The zero-order valence-electron chi connectivity index (χ0n) is 12.6. The molecule has 120 valence electrons. The highest BCUT2D eigenvalue weighted by molar-refractivity contribution is 6.31. The molecule has 0 spiro atoms. The molecule has 6 heteroatoms. The average Bonchev–Trinajstić information content (AvgIpc) is 3.36. The molecule has 3 saturated carbocycles. The van der Waals surface area contributed by atoms with Gasteiger partial charge in [0.1, 0.15) is 0 Å². The highest BCUT2D eigenvalue weighted by atomic mass is 35.5. The summed E-state index contributed by atoms with van der Waals surface area (Å²) in [6, 6.07) is 3.93. The van der Waals surface area contributed by atoms with E-state index in [4.69, 9.17) is 11.6 Å². The number of carbonyl (C=O) groups excluding carboxylic acids is 1. The molecule has 0 bridgehead atoms. The van der Waals surface area contributed by atoms with Crippen LogP contribution in [0.2, 0.25) is 5.02 Å². The first-order valence-electron chi connectivity index (χ1n) is 8.21. The number of hydrogen-bond donors (Lipinski definition) is 3. The molecule has 1 aromatic heterocycles. The van der Waals surface area contributed by atoms with E-state index in [-0.39, 0.29) is 17.9 Å². The molecular weight excluding hydrogens is 314 g/mol. The van der Waals surface area contributed by atoms with E-state index in [9.17, 15) is 9.90 Å². The van der Waals surface area contributed by atoms with Gasteiger partial charge in [-0.2, -0.15) is 5.10 Å². The van der Waals surface area contributed by atoms with Gasteiger partial charge in [0, 0.05) is 22.4 Å². The maximum atomic E-state index is 11.9. The number of benzene rings is 1. The van der Waals surface area contributed by atoms with Gasteiger partial charge in [-0.05, 0) is 55.2 Å². The molecule has 0 unspecified atom stereocenters. The van der Waals surface area contributed by atoms with Crippen molar-refractivity contribution in [2.75, 3.05) is 0 Å². The van der Waals surface area contributed by atoms with Gasteiger partial charge in [0.25, 0.3) is 0 Å². The zero-order valence-corrected chi connectivity index (χ0v) is 13.3. The Morgan fingerprint density at radius 1 is 1.35 bits per heavy atom. The van der Waals surface area contributed by atoms with E-state index in [1.165, 1.54) is 0 Å². The average molecular weight is 332 g/mol. The van der Waals surface area contributed by atoms with Crippen LogP contribution in [0.5, 0.6) is 0 Å². The van der Waals surface area contributed by atoms with Gasteiger partial charge in [0.2, 0.25) is 5.91 Å². The number of nitrogens with zero attached hydrogens (tertiary/aromatic N) is 1. The summed E-state index contributed by atoms with van der Waals surface area (Å²) in [6.07, 6.45) is 5.15. The van der Waals surface area contributed by atoms with Gasteiger partial charge >= 0.3 is 0 Å². The number of aromatic amines is 1. The summed E-state index contributed by atoms with van der Waals surface area (Å²) in [5, 5.41) is 22.8. The maximum absolute atomic E-state index is 11.9. The topological polar surface area (TPSA) is 78.0 Å². The van der Waals surface area contributed by atoms with E-state index in [2.05, 4.69) is 15.5 Å². The maximum Gasteiger partial charge on any atom is 0.223 e. The molecule has 0 saturated heterocycles. The van der Waals surface area contributed by atoms with Crippen LogP contribution in [0, 0.1) is 17.8 Å². The lowest BCUT2D eigenvalue weighted by Gasteiger charge is -2.27. The summed E-state index contributed by atoms with van der Waals surface area (Å²) in [7, 11) is 0. The number of H-pyrrole nitrogens is 1. The molecule has 3 aliphatic carbocycles. The molecule has 3 fully saturated rings. The quantitative estimate of drug-likeness (QED) is 0.807. The number of aliphatic hydroxyl groups is 1. The van der Waals surface area contributed by atoms with Gasteiger partial charge in [-0.15, -0.1) is 0 Å². The number of aromatic nitrogens is 2. The Kier molecular flexibility index (Phi) is 2.69. The lowest BCUT2D eigenvalue weighted by Crippen LogP contribution is -2.34. The van der Waals surface area contributed by atoms with E-state index >= 15 is 0 Å². The number of carbonyl (C=O) groups is 1. The lowest BCUT2D eigenvalue weighted by atomic mass is 9.86. The molecule has 5 nitrogen and oxygen atoms in total. The molecule has 2 aromatic rings. The third-order valence-electron chi connectivity index (χ3n) is 5.76. The van der Waals surface area contributed by atoms with Crippen LogP contribution in [0.4, 0.5) is 0 Å². The minimum atomic E-state index is -0.872. The lowest BCUT2D eigenvalue weighted by molar-refractivity contribution is -0.122. The Balaban J connectivity index is 1.38.